The number of carbonyl (C=O) groups excluding carboxylic acids is 1. The monoisotopic (exact) mass is 533 g/mol. The lowest BCUT2D eigenvalue weighted by Crippen LogP contribution is -2.31. The molecule has 7 nitrogen and oxygen atoms in total. The number of benzene rings is 2. The highest BCUT2D eigenvalue weighted by Crippen LogP contribution is 2.32. The van der Waals surface area contributed by atoms with E-state index in [2.05, 4.69) is 26.2 Å². The molecule has 0 spiro atoms. The number of rotatable bonds is 8. The molecule has 0 aliphatic carbocycles. The molecule has 0 radical (unpaired) electrons. The van der Waals surface area contributed by atoms with Crippen molar-refractivity contribution in [3.8, 4) is 17.0 Å². The van der Waals surface area contributed by atoms with Crippen molar-refractivity contribution < 1.29 is 19.4 Å². The van der Waals surface area contributed by atoms with Crippen LogP contribution in [0.25, 0.3) is 22.2 Å². The van der Waals surface area contributed by atoms with Crippen LogP contribution in [-0.4, -0.2) is 40.6 Å². The first-order valence-corrected chi connectivity index (χ1v) is 11.8. The molecule has 35 heavy (non-hydrogen) atoms. The molecule has 0 unspecified atom stereocenters. The summed E-state index contributed by atoms with van der Waals surface area (Å²) in [7, 11) is 1.51. The Labute approximate surface area is 211 Å². The minimum absolute atomic E-state index is 0.0798. The van der Waals surface area contributed by atoms with Crippen LogP contribution in [0.2, 0.25) is 0 Å². The first-order chi connectivity index (χ1) is 16.9. The van der Waals surface area contributed by atoms with Gasteiger partial charge in [0.05, 0.1) is 36.0 Å². The molecule has 2 aromatic heterocycles. The minimum atomic E-state index is -0.988. The molecular formula is C27H24BrN3O4. The topological polar surface area (TPSA) is 101 Å². The largest absolute Gasteiger partial charge is 0.495 e. The van der Waals surface area contributed by atoms with Gasteiger partial charge in [-0.2, -0.15) is 0 Å². The second-order valence-electron chi connectivity index (χ2n) is 8.08. The third-order valence-corrected chi connectivity index (χ3v) is 6.29. The maximum absolute atomic E-state index is 13.6. The molecule has 178 valence electrons. The average Bonchev–Trinajstić information content (AvgIpc) is 2.86. The Hall–Kier alpha value is -3.78. The van der Waals surface area contributed by atoms with Crippen LogP contribution in [0.3, 0.4) is 0 Å². The molecule has 0 saturated heterocycles. The van der Waals surface area contributed by atoms with E-state index < -0.39 is 11.9 Å². The van der Waals surface area contributed by atoms with Crippen molar-refractivity contribution in [1.82, 2.24) is 15.3 Å². The van der Waals surface area contributed by atoms with Gasteiger partial charge in [0.25, 0.3) is 5.91 Å². The van der Waals surface area contributed by atoms with E-state index in [9.17, 15) is 14.7 Å². The number of aromatic nitrogens is 2. The summed E-state index contributed by atoms with van der Waals surface area (Å²) in [5.41, 5.74) is 4.05. The number of hydrogen-bond acceptors (Lipinski definition) is 5. The Balaban J connectivity index is 1.74. The van der Waals surface area contributed by atoms with E-state index in [-0.39, 0.29) is 18.9 Å². The lowest BCUT2D eigenvalue weighted by atomic mass is 9.96. The van der Waals surface area contributed by atoms with Gasteiger partial charge in [-0.15, -0.1) is 0 Å². The maximum atomic E-state index is 13.6. The molecule has 4 rings (SSSR count). The van der Waals surface area contributed by atoms with Crippen LogP contribution in [-0.2, 0) is 4.79 Å². The van der Waals surface area contributed by atoms with Gasteiger partial charge >= 0.3 is 5.97 Å². The fourth-order valence-corrected chi connectivity index (χ4v) is 4.52. The van der Waals surface area contributed by atoms with E-state index >= 15 is 0 Å². The summed E-state index contributed by atoms with van der Waals surface area (Å²) in [5, 5.41) is 13.1. The maximum Gasteiger partial charge on any atom is 0.304 e. The van der Waals surface area contributed by atoms with Gasteiger partial charge in [0.15, 0.2) is 0 Å². The van der Waals surface area contributed by atoms with Gasteiger partial charge in [0.1, 0.15) is 5.75 Å². The molecule has 2 heterocycles. The standard InChI is InChI=1S/C27H24BrN3O4/c1-16-24(20-14-19(28)10-11-21(20)31-25(16)17-7-4-3-5-8-17)27(34)30-15-18(13-23(32)33)26-22(35-2)9-6-12-29-26/h3-12,14,18H,13,15H2,1-2H3,(H,30,34)(H,32,33)/t18-/m1/s1. The number of nitrogens with one attached hydrogen (secondary N) is 1. The van der Waals surface area contributed by atoms with Crippen LogP contribution < -0.4 is 10.1 Å². The van der Waals surface area contributed by atoms with Crippen molar-refractivity contribution in [2.75, 3.05) is 13.7 Å². The SMILES string of the molecule is COc1cccnc1[C@@H](CNC(=O)c1c(C)c(-c2ccccc2)nc2ccc(Br)cc12)CC(=O)O. The molecule has 4 aromatic rings. The lowest BCUT2D eigenvalue weighted by molar-refractivity contribution is -0.137. The highest BCUT2D eigenvalue weighted by molar-refractivity contribution is 9.10. The van der Waals surface area contributed by atoms with Gasteiger partial charge in [-0.05, 0) is 42.8 Å². The van der Waals surface area contributed by atoms with E-state index in [1.807, 2.05) is 55.5 Å². The fraction of sp³-hybridized carbons (Fsp3) is 0.185. The molecule has 0 aliphatic heterocycles. The Bertz CT molecular complexity index is 1390. The van der Waals surface area contributed by atoms with E-state index in [1.54, 1.807) is 18.3 Å². The summed E-state index contributed by atoms with van der Waals surface area (Å²) >= 11 is 3.49. The summed E-state index contributed by atoms with van der Waals surface area (Å²) in [6, 6.07) is 18.8. The zero-order valence-corrected chi connectivity index (χ0v) is 20.9. The average molecular weight is 534 g/mol. The van der Waals surface area contributed by atoms with Crippen molar-refractivity contribution in [2.24, 2.45) is 0 Å². The third-order valence-electron chi connectivity index (χ3n) is 5.80. The van der Waals surface area contributed by atoms with Crippen LogP contribution >= 0.6 is 15.9 Å². The van der Waals surface area contributed by atoms with Gasteiger partial charge in [-0.25, -0.2) is 4.98 Å². The number of hydrogen-bond donors (Lipinski definition) is 2. The van der Waals surface area contributed by atoms with Crippen molar-refractivity contribution >= 4 is 38.7 Å². The predicted molar refractivity (Wildman–Crippen MR) is 138 cm³/mol. The van der Waals surface area contributed by atoms with Crippen LogP contribution in [0.4, 0.5) is 0 Å². The smallest absolute Gasteiger partial charge is 0.304 e. The molecule has 1 atom stereocenters. The Kier molecular flexibility index (Phi) is 7.41. The zero-order chi connectivity index (χ0) is 24.9. The molecule has 0 saturated carbocycles. The van der Waals surface area contributed by atoms with Crippen LogP contribution in [0, 0.1) is 6.92 Å². The normalized spacial score (nSPS) is 11.7. The number of carboxylic acid groups (broad SMARTS) is 1. The number of aliphatic carboxylic acids is 1. The quantitative estimate of drug-likeness (QED) is 0.316. The first kappa shape index (κ1) is 24.3. The fourth-order valence-electron chi connectivity index (χ4n) is 4.16. The van der Waals surface area contributed by atoms with Crippen molar-refractivity contribution in [1.29, 1.82) is 0 Å². The Morgan fingerprint density at radius 1 is 1.11 bits per heavy atom. The number of carbonyl (C=O) groups is 2. The molecule has 0 fully saturated rings. The number of pyridine rings is 2. The molecule has 8 heteroatoms. The van der Waals surface area contributed by atoms with Gasteiger partial charge in [0.2, 0.25) is 0 Å². The van der Waals surface area contributed by atoms with E-state index in [4.69, 9.17) is 9.72 Å². The highest BCUT2D eigenvalue weighted by atomic mass is 79.9. The van der Waals surface area contributed by atoms with Crippen LogP contribution in [0.1, 0.15) is 34.0 Å². The second kappa shape index (κ2) is 10.7. The van der Waals surface area contributed by atoms with Crippen molar-refractivity contribution in [2.45, 2.75) is 19.3 Å². The van der Waals surface area contributed by atoms with Gasteiger partial charge in [-0.1, -0.05) is 46.3 Å². The number of nitrogens with zero attached hydrogens (tertiary/aromatic N) is 2. The van der Waals surface area contributed by atoms with Gasteiger partial charge < -0.3 is 15.2 Å². The molecule has 1 amide bonds. The van der Waals surface area contributed by atoms with Crippen molar-refractivity contribution in [3.63, 3.8) is 0 Å². The van der Waals surface area contributed by atoms with Gasteiger partial charge in [-0.3, -0.25) is 14.6 Å². The Morgan fingerprint density at radius 3 is 2.60 bits per heavy atom. The number of halogens is 1. The third kappa shape index (κ3) is 5.33. The van der Waals surface area contributed by atoms with Crippen LogP contribution in [0.5, 0.6) is 5.75 Å². The van der Waals surface area contributed by atoms with Crippen molar-refractivity contribution in [3.05, 3.63) is 88.2 Å². The lowest BCUT2D eigenvalue weighted by Gasteiger charge is -2.19. The summed E-state index contributed by atoms with van der Waals surface area (Å²) in [6.45, 7) is 1.96. The molecule has 0 aliphatic rings. The Morgan fingerprint density at radius 2 is 1.89 bits per heavy atom. The number of methoxy groups -OCH3 is 1. The summed E-state index contributed by atoms with van der Waals surface area (Å²) in [5.74, 6) is -1.39. The number of amides is 1. The first-order valence-electron chi connectivity index (χ1n) is 11.0. The number of fused-ring (bicyclic) bond motifs is 1. The van der Waals surface area contributed by atoms with Crippen LogP contribution in [0.15, 0.2) is 71.3 Å². The molecular weight excluding hydrogens is 510 g/mol. The summed E-state index contributed by atoms with van der Waals surface area (Å²) in [4.78, 5) is 34.3. The molecule has 0 bridgehead atoms. The van der Waals surface area contributed by atoms with Gasteiger partial charge in [0, 0.05) is 34.1 Å². The number of carboxylic acids is 1. The molecule has 2 N–H and O–H groups in total. The number of ether oxygens (including phenoxy) is 1. The summed E-state index contributed by atoms with van der Waals surface area (Å²) in [6.07, 6.45) is 1.38. The molecule has 2 aromatic carbocycles. The van der Waals surface area contributed by atoms with E-state index in [1.165, 1.54) is 7.11 Å². The predicted octanol–water partition coefficient (Wildman–Crippen LogP) is 5.36. The second-order valence-corrected chi connectivity index (χ2v) is 9.00. The van der Waals surface area contributed by atoms with E-state index in [0.29, 0.717) is 27.9 Å². The summed E-state index contributed by atoms with van der Waals surface area (Å²) < 4.78 is 6.20. The highest BCUT2D eigenvalue weighted by Gasteiger charge is 2.24. The zero-order valence-electron chi connectivity index (χ0n) is 19.3. The minimum Gasteiger partial charge on any atom is -0.495 e. The van der Waals surface area contributed by atoms with E-state index in [0.717, 1.165) is 21.3 Å².